The highest BCUT2D eigenvalue weighted by Gasteiger charge is 2.10. The number of hydrogen-bond donors (Lipinski definition) is 2. The molecule has 0 atom stereocenters. The topological polar surface area (TPSA) is 58.0 Å². The van der Waals surface area contributed by atoms with Crippen LogP contribution in [0.3, 0.4) is 0 Å². The maximum Gasteiger partial charge on any atom is 0.326 e. The lowest BCUT2D eigenvalue weighted by atomic mass is 10.2. The van der Waals surface area contributed by atoms with E-state index in [-0.39, 0.29) is 11.4 Å². The van der Waals surface area contributed by atoms with Crippen LogP contribution in [0.15, 0.2) is 51.7 Å². The van der Waals surface area contributed by atoms with E-state index < -0.39 is 0 Å². The van der Waals surface area contributed by atoms with Gasteiger partial charge in [0.05, 0.1) is 17.6 Å². The molecule has 3 rings (SSSR count). The Bertz CT molecular complexity index is 805. The highest BCUT2D eigenvalue weighted by atomic mass is 79.9. The van der Waals surface area contributed by atoms with E-state index in [4.69, 9.17) is 0 Å². The number of hydrogen-bond acceptors (Lipinski definition) is 2. The van der Waals surface area contributed by atoms with Crippen LogP contribution in [0.4, 0.5) is 0 Å². The molecule has 0 unspecified atom stereocenters. The van der Waals surface area contributed by atoms with Gasteiger partial charge < -0.3 is 10.1 Å². The third kappa shape index (κ3) is 2.17. The summed E-state index contributed by atoms with van der Waals surface area (Å²) in [6, 6.07) is 12.5. The second-order valence-electron chi connectivity index (χ2n) is 4.32. The quantitative estimate of drug-likeness (QED) is 0.763. The summed E-state index contributed by atoms with van der Waals surface area (Å²) in [4.78, 5) is 14.8. The van der Waals surface area contributed by atoms with Gasteiger partial charge in [-0.25, -0.2) is 4.79 Å². The van der Waals surface area contributed by atoms with Gasteiger partial charge in [0.15, 0.2) is 0 Å². The van der Waals surface area contributed by atoms with Gasteiger partial charge in [0.1, 0.15) is 5.75 Å². The summed E-state index contributed by atoms with van der Waals surface area (Å²) in [7, 11) is 0. The van der Waals surface area contributed by atoms with E-state index in [9.17, 15) is 9.90 Å². The molecule has 0 aliphatic heterocycles. The molecule has 0 aliphatic carbocycles. The molecule has 0 saturated heterocycles. The third-order valence-corrected chi connectivity index (χ3v) is 3.63. The maximum atomic E-state index is 12.0. The summed E-state index contributed by atoms with van der Waals surface area (Å²) >= 11 is 3.46. The second-order valence-corrected chi connectivity index (χ2v) is 5.18. The molecule has 0 amide bonds. The number of para-hydroxylation sites is 1. The highest BCUT2D eigenvalue weighted by molar-refractivity contribution is 9.10. The van der Waals surface area contributed by atoms with Crippen molar-refractivity contribution in [3.63, 3.8) is 0 Å². The molecule has 2 N–H and O–H groups in total. The molecular weight excluding hydrogens is 308 g/mol. The van der Waals surface area contributed by atoms with Gasteiger partial charge >= 0.3 is 5.69 Å². The van der Waals surface area contributed by atoms with Crippen molar-refractivity contribution < 1.29 is 5.11 Å². The van der Waals surface area contributed by atoms with Crippen LogP contribution < -0.4 is 5.69 Å². The minimum Gasteiger partial charge on any atom is -0.508 e. The molecule has 0 spiro atoms. The molecule has 5 heteroatoms. The molecule has 3 aromatic rings. The predicted octanol–water partition coefficient (Wildman–Crippen LogP) is 2.85. The lowest BCUT2D eigenvalue weighted by Crippen LogP contribution is -2.17. The van der Waals surface area contributed by atoms with Crippen LogP contribution in [-0.4, -0.2) is 14.7 Å². The molecule has 4 nitrogen and oxygen atoms in total. The van der Waals surface area contributed by atoms with Crippen molar-refractivity contribution in [1.29, 1.82) is 0 Å². The maximum absolute atomic E-state index is 12.0. The number of phenolic OH excluding ortho intramolecular Hbond substituents is 1. The van der Waals surface area contributed by atoms with Gasteiger partial charge in [0.25, 0.3) is 0 Å². The average molecular weight is 319 g/mol. The van der Waals surface area contributed by atoms with E-state index in [0.29, 0.717) is 6.54 Å². The average Bonchev–Trinajstić information content (AvgIpc) is 2.67. The number of nitrogens with one attached hydrogen (secondary N) is 1. The molecule has 0 radical (unpaired) electrons. The zero-order valence-corrected chi connectivity index (χ0v) is 11.5. The Hall–Kier alpha value is -2.01. The zero-order chi connectivity index (χ0) is 13.4. The normalized spacial score (nSPS) is 11.0. The number of H-pyrrole nitrogens is 1. The van der Waals surface area contributed by atoms with Crippen LogP contribution in [0.5, 0.6) is 5.75 Å². The number of nitrogens with zero attached hydrogens (tertiary/aromatic N) is 1. The first-order valence-corrected chi connectivity index (χ1v) is 6.59. The Morgan fingerprint density at radius 2 is 2.00 bits per heavy atom. The molecule has 0 saturated carbocycles. The number of phenols is 1. The first-order valence-electron chi connectivity index (χ1n) is 5.80. The van der Waals surface area contributed by atoms with Crippen LogP contribution in [0.2, 0.25) is 0 Å². The molecule has 0 bridgehead atoms. The Morgan fingerprint density at radius 1 is 1.21 bits per heavy atom. The predicted molar refractivity (Wildman–Crippen MR) is 77.5 cm³/mol. The van der Waals surface area contributed by atoms with Gasteiger partial charge in [-0.2, -0.15) is 0 Å². The number of fused-ring (bicyclic) bond motifs is 1. The van der Waals surface area contributed by atoms with E-state index in [1.165, 1.54) is 0 Å². The number of aromatic amines is 1. The Labute approximate surface area is 117 Å². The summed E-state index contributed by atoms with van der Waals surface area (Å²) in [5, 5.41) is 9.47. The molecule has 96 valence electrons. The van der Waals surface area contributed by atoms with Gasteiger partial charge in [0.2, 0.25) is 0 Å². The van der Waals surface area contributed by atoms with Crippen molar-refractivity contribution in [3.8, 4) is 5.75 Å². The third-order valence-electron chi connectivity index (χ3n) is 2.99. The summed E-state index contributed by atoms with van der Waals surface area (Å²) in [5.41, 5.74) is 2.33. The largest absolute Gasteiger partial charge is 0.508 e. The second kappa shape index (κ2) is 4.59. The molecule has 19 heavy (non-hydrogen) atoms. The Kier molecular flexibility index (Phi) is 2.91. The van der Waals surface area contributed by atoms with Crippen molar-refractivity contribution in [2.45, 2.75) is 6.54 Å². The zero-order valence-electron chi connectivity index (χ0n) is 9.93. The monoisotopic (exact) mass is 318 g/mol. The molecule has 1 heterocycles. The Balaban J connectivity index is 2.15. The van der Waals surface area contributed by atoms with E-state index >= 15 is 0 Å². The summed E-state index contributed by atoms with van der Waals surface area (Å²) < 4.78 is 2.51. The number of aromatic nitrogens is 2. The fourth-order valence-corrected chi connectivity index (χ4v) is 2.74. The summed E-state index contributed by atoms with van der Waals surface area (Å²) in [6.07, 6.45) is 0. The lowest BCUT2D eigenvalue weighted by Gasteiger charge is -2.05. The smallest absolute Gasteiger partial charge is 0.326 e. The number of aromatic hydroxyl groups is 1. The number of benzene rings is 2. The fourth-order valence-electron chi connectivity index (χ4n) is 2.16. The van der Waals surface area contributed by atoms with E-state index in [1.807, 2.05) is 24.3 Å². The van der Waals surface area contributed by atoms with Crippen molar-refractivity contribution in [1.82, 2.24) is 9.55 Å². The van der Waals surface area contributed by atoms with Crippen LogP contribution in [-0.2, 0) is 6.54 Å². The number of imidazole rings is 1. The van der Waals surface area contributed by atoms with E-state index in [1.54, 1.807) is 22.8 Å². The van der Waals surface area contributed by atoms with Gasteiger partial charge in [-0.15, -0.1) is 0 Å². The van der Waals surface area contributed by atoms with Crippen molar-refractivity contribution in [2.75, 3.05) is 0 Å². The van der Waals surface area contributed by atoms with Crippen LogP contribution in [0.25, 0.3) is 11.0 Å². The van der Waals surface area contributed by atoms with Crippen LogP contribution >= 0.6 is 15.9 Å². The molecule has 0 aliphatic rings. The van der Waals surface area contributed by atoms with Crippen molar-refractivity contribution >= 4 is 27.0 Å². The van der Waals surface area contributed by atoms with E-state index in [2.05, 4.69) is 20.9 Å². The van der Waals surface area contributed by atoms with Crippen LogP contribution in [0, 0.1) is 0 Å². The van der Waals surface area contributed by atoms with E-state index in [0.717, 1.165) is 21.1 Å². The van der Waals surface area contributed by atoms with Gasteiger partial charge in [0, 0.05) is 4.47 Å². The van der Waals surface area contributed by atoms with Crippen molar-refractivity contribution in [2.24, 2.45) is 0 Å². The minimum atomic E-state index is -0.162. The molecule has 2 aromatic carbocycles. The molecular formula is C14H11BrN2O2. The first-order chi connectivity index (χ1) is 9.15. The molecule has 1 aromatic heterocycles. The highest BCUT2D eigenvalue weighted by Crippen LogP contribution is 2.22. The van der Waals surface area contributed by atoms with Crippen molar-refractivity contribution in [3.05, 3.63) is 63.0 Å². The fraction of sp³-hybridized carbons (Fsp3) is 0.0714. The van der Waals surface area contributed by atoms with Gasteiger partial charge in [-0.05, 0) is 45.8 Å². The minimum absolute atomic E-state index is 0.162. The lowest BCUT2D eigenvalue weighted by molar-refractivity contribution is 0.474. The van der Waals surface area contributed by atoms with Gasteiger partial charge in [-0.1, -0.05) is 18.2 Å². The first kappa shape index (κ1) is 12.0. The standard InChI is InChI=1S/C14H11BrN2O2/c15-11-5-2-6-12-13(11)17(14(19)16-12)8-9-3-1-4-10(18)7-9/h1-7,18H,8H2,(H,16,19). The number of rotatable bonds is 2. The van der Waals surface area contributed by atoms with Gasteiger partial charge in [-0.3, -0.25) is 4.57 Å². The number of halogens is 1. The Morgan fingerprint density at radius 3 is 2.79 bits per heavy atom. The SMILES string of the molecule is O=c1[nH]c2cccc(Br)c2n1Cc1cccc(O)c1. The summed E-state index contributed by atoms with van der Waals surface area (Å²) in [6.45, 7) is 0.413. The summed E-state index contributed by atoms with van der Waals surface area (Å²) in [5.74, 6) is 0.199. The van der Waals surface area contributed by atoms with Crippen LogP contribution in [0.1, 0.15) is 5.56 Å². The molecule has 0 fully saturated rings.